The van der Waals surface area contributed by atoms with Crippen molar-refractivity contribution in [2.45, 2.75) is 6.42 Å². The van der Waals surface area contributed by atoms with Crippen LogP contribution in [0.4, 0.5) is 5.69 Å². The van der Waals surface area contributed by atoms with Crippen LogP contribution in [0.5, 0.6) is 5.75 Å². The van der Waals surface area contributed by atoms with Crippen LogP contribution in [0, 0.1) is 10.1 Å². The summed E-state index contributed by atoms with van der Waals surface area (Å²) in [5, 5.41) is 31.4. The Balaban J connectivity index is 3.06. The molecule has 14 heavy (non-hydrogen) atoms. The van der Waals surface area contributed by atoms with E-state index >= 15 is 0 Å². The molecule has 0 N–H and O–H groups in total. The van der Waals surface area contributed by atoms with Crippen molar-refractivity contribution in [1.82, 2.24) is 0 Å². The number of aliphatic carboxylic acids is 1. The molecule has 0 aromatic heterocycles. The smallest absolute Gasteiger partial charge is 0.261 e. The molecule has 0 fully saturated rings. The fraction of sp³-hybridized carbons (Fsp3) is 0.125. The highest BCUT2D eigenvalue weighted by molar-refractivity contribution is 5.68. The summed E-state index contributed by atoms with van der Waals surface area (Å²) in [5.41, 5.74) is -0.444. The van der Waals surface area contributed by atoms with Gasteiger partial charge in [-0.25, -0.2) is 0 Å². The Morgan fingerprint density at radius 2 is 2.07 bits per heavy atom. The maximum Gasteiger partial charge on any atom is 0.261 e. The summed E-state index contributed by atoms with van der Waals surface area (Å²) < 4.78 is 0. The second-order valence-electron chi connectivity index (χ2n) is 2.61. The van der Waals surface area contributed by atoms with Crippen molar-refractivity contribution in [3.8, 4) is 5.75 Å². The van der Waals surface area contributed by atoms with Gasteiger partial charge in [0.1, 0.15) is 0 Å². The van der Waals surface area contributed by atoms with Crippen LogP contribution in [0.1, 0.15) is 5.56 Å². The SMILES string of the molecule is O=C([O-])Cc1ccc([O-])c([N+](=O)[O-])c1. The first-order valence-corrected chi connectivity index (χ1v) is 3.65. The highest BCUT2D eigenvalue weighted by Gasteiger charge is 2.07. The van der Waals surface area contributed by atoms with Crippen molar-refractivity contribution in [2.24, 2.45) is 0 Å². The van der Waals surface area contributed by atoms with Gasteiger partial charge in [0.2, 0.25) is 0 Å². The molecule has 74 valence electrons. The molecule has 6 nitrogen and oxygen atoms in total. The van der Waals surface area contributed by atoms with E-state index < -0.39 is 28.8 Å². The van der Waals surface area contributed by atoms with Gasteiger partial charge in [-0.2, -0.15) is 0 Å². The number of carboxylic acids is 1. The van der Waals surface area contributed by atoms with Gasteiger partial charge in [-0.1, -0.05) is 12.1 Å². The van der Waals surface area contributed by atoms with Gasteiger partial charge in [0.25, 0.3) is 5.69 Å². The topological polar surface area (TPSA) is 106 Å². The van der Waals surface area contributed by atoms with Crippen molar-refractivity contribution < 1.29 is 19.9 Å². The lowest BCUT2D eigenvalue weighted by molar-refractivity contribution is -0.398. The van der Waals surface area contributed by atoms with E-state index in [0.29, 0.717) is 0 Å². The number of hydrogen-bond donors (Lipinski definition) is 0. The molecule has 0 saturated carbocycles. The maximum absolute atomic E-state index is 10.9. The Kier molecular flexibility index (Phi) is 2.66. The van der Waals surface area contributed by atoms with Gasteiger partial charge in [-0.15, -0.1) is 0 Å². The summed E-state index contributed by atoms with van der Waals surface area (Å²) in [7, 11) is 0. The number of carbonyl (C=O) groups excluding carboxylic acids is 1. The number of benzene rings is 1. The summed E-state index contributed by atoms with van der Waals surface area (Å²) in [6.07, 6.45) is -0.443. The van der Waals surface area contributed by atoms with Crippen LogP contribution in [0.25, 0.3) is 0 Å². The summed E-state index contributed by atoms with van der Waals surface area (Å²) in [6, 6.07) is 3.14. The van der Waals surface area contributed by atoms with Gasteiger partial charge in [0, 0.05) is 18.5 Å². The molecule has 1 aromatic carbocycles. The van der Waals surface area contributed by atoms with E-state index in [1.807, 2.05) is 0 Å². The quantitative estimate of drug-likeness (QED) is 0.452. The zero-order valence-corrected chi connectivity index (χ0v) is 6.93. The number of carbonyl (C=O) groups is 1. The van der Waals surface area contributed by atoms with Crippen molar-refractivity contribution >= 4 is 11.7 Å². The lowest BCUT2D eigenvalue weighted by atomic mass is 10.1. The van der Waals surface area contributed by atoms with E-state index in [-0.39, 0.29) is 5.56 Å². The molecule has 0 spiro atoms. The highest BCUT2D eigenvalue weighted by Crippen LogP contribution is 2.23. The lowest BCUT2D eigenvalue weighted by Gasteiger charge is -2.08. The summed E-state index contributed by atoms with van der Waals surface area (Å²) in [4.78, 5) is 19.6. The van der Waals surface area contributed by atoms with Gasteiger partial charge in [-0.3, -0.25) is 10.1 Å². The first-order chi connectivity index (χ1) is 6.50. The van der Waals surface area contributed by atoms with Crippen LogP contribution in [0.3, 0.4) is 0 Å². The summed E-state index contributed by atoms with van der Waals surface area (Å²) in [5.74, 6) is -2.09. The number of rotatable bonds is 3. The standard InChI is InChI=1S/C8H7NO5/c10-7-2-1-5(4-8(11)12)3-6(7)9(13)14/h1-3,10H,4H2,(H,11,12)/p-2. The minimum atomic E-state index is -1.35. The van der Waals surface area contributed by atoms with Gasteiger partial charge in [-0.05, 0) is 11.3 Å². The van der Waals surface area contributed by atoms with Crippen LogP contribution in [0.2, 0.25) is 0 Å². The van der Waals surface area contributed by atoms with Crippen molar-refractivity contribution in [2.75, 3.05) is 0 Å². The highest BCUT2D eigenvalue weighted by atomic mass is 16.6. The lowest BCUT2D eigenvalue weighted by Crippen LogP contribution is -2.24. The fourth-order valence-electron chi connectivity index (χ4n) is 0.982. The molecular formula is C8H5NO5-2. The Morgan fingerprint density at radius 3 is 2.57 bits per heavy atom. The first kappa shape index (κ1) is 9.97. The molecule has 0 saturated heterocycles. The van der Waals surface area contributed by atoms with Gasteiger partial charge < -0.3 is 15.0 Å². The normalized spacial score (nSPS) is 9.71. The van der Waals surface area contributed by atoms with E-state index in [1.54, 1.807) is 0 Å². The molecular weight excluding hydrogens is 190 g/mol. The van der Waals surface area contributed by atoms with E-state index in [0.717, 1.165) is 12.1 Å². The Bertz CT molecular complexity index is 387. The maximum atomic E-state index is 10.9. The molecule has 0 aliphatic carbocycles. The third-order valence-corrected chi connectivity index (χ3v) is 1.57. The number of hydrogen-bond acceptors (Lipinski definition) is 5. The number of nitro groups is 1. The molecule has 1 rings (SSSR count). The van der Waals surface area contributed by atoms with E-state index in [4.69, 9.17) is 0 Å². The van der Waals surface area contributed by atoms with Gasteiger partial charge in [0.05, 0.1) is 4.92 Å². The minimum absolute atomic E-state index is 0.177. The first-order valence-electron chi connectivity index (χ1n) is 3.65. The average Bonchev–Trinajstić information content (AvgIpc) is 2.07. The fourth-order valence-corrected chi connectivity index (χ4v) is 0.982. The molecule has 1 aromatic rings. The van der Waals surface area contributed by atoms with Crippen LogP contribution in [-0.2, 0) is 11.2 Å². The number of carboxylic acid groups (broad SMARTS) is 1. The van der Waals surface area contributed by atoms with Crippen LogP contribution >= 0.6 is 0 Å². The van der Waals surface area contributed by atoms with Crippen molar-refractivity contribution in [1.29, 1.82) is 0 Å². The van der Waals surface area contributed by atoms with Crippen LogP contribution in [0.15, 0.2) is 18.2 Å². The van der Waals surface area contributed by atoms with Gasteiger partial charge in [0.15, 0.2) is 0 Å². The minimum Gasteiger partial charge on any atom is -0.868 e. The molecule has 0 aliphatic heterocycles. The summed E-state index contributed by atoms with van der Waals surface area (Å²) in [6.45, 7) is 0. The molecule has 0 heterocycles. The molecule has 0 amide bonds. The Labute approximate surface area is 78.6 Å². The van der Waals surface area contributed by atoms with E-state index in [2.05, 4.69) is 0 Å². The van der Waals surface area contributed by atoms with Crippen molar-refractivity contribution in [3.63, 3.8) is 0 Å². The van der Waals surface area contributed by atoms with Crippen LogP contribution in [-0.4, -0.2) is 10.9 Å². The Hall–Kier alpha value is -2.11. The molecule has 0 aliphatic rings. The predicted molar refractivity (Wildman–Crippen MR) is 41.3 cm³/mol. The number of nitro benzene ring substituents is 1. The molecule has 0 radical (unpaired) electrons. The molecule has 0 atom stereocenters. The monoisotopic (exact) mass is 195 g/mol. The average molecular weight is 195 g/mol. The zero-order chi connectivity index (χ0) is 10.7. The number of nitrogens with zero attached hydrogens (tertiary/aromatic N) is 1. The second kappa shape index (κ2) is 3.73. The molecule has 0 unspecified atom stereocenters. The summed E-state index contributed by atoms with van der Waals surface area (Å²) >= 11 is 0. The van der Waals surface area contributed by atoms with E-state index in [1.165, 1.54) is 6.07 Å². The van der Waals surface area contributed by atoms with E-state index in [9.17, 15) is 25.1 Å². The van der Waals surface area contributed by atoms with Crippen molar-refractivity contribution in [3.05, 3.63) is 33.9 Å². The second-order valence-corrected chi connectivity index (χ2v) is 2.61. The zero-order valence-electron chi connectivity index (χ0n) is 6.93. The molecule has 6 heteroatoms. The van der Waals surface area contributed by atoms with Gasteiger partial charge >= 0.3 is 0 Å². The largest absolute Gasteiger partial charge is 0.868 e. The molecule has 0 bridgehead atoms. The Morgan fingerprint density at radius 1 is 1.43 bits per heavy atom. The third kappa shape index (κ3) is 2.19. The van der Waals surface area contributed by atoms with Crippen LogP contribution < -0.4 is 10.2 Å². The third-order valence-electron chi connectivity index (χ3n) is 1.57. The predicted octanol–water partition coefficient (Wildman–Crippen LogP) is -1.04.